The Hall–Kier alpha value is -1.13. The molecule has 0 aromatic heterocycles. The third-order valence-electron chi connectivity index (χ3n) is 5.66. The highest BCUT2D eigenvalue weighted by Gasteiger charge is 2.06. The number of carbonyl (C=O) groups excluding carboxylic acids is 1. The van der Waals surface area contributed by atoms with Gasteiger partial charge >= 0.3 is 11.1 Å². The first-order valence-corrected chi connectivity index (χ1v) is 12.5. The fraction of sp³-hybridized carbons (Fsp3) is 0.958. The van der Waals surface area contributed by atoms with Crippen LogP contribution in [0.25, 0.3) is 0 Å². The highest BCUT2D eigenvalue weighted by atomic mass is 17.0. The van der Waals surface area contributed by atoms with Crippen LogP contribution in [0, 0.1) is 10.1 Å². The second-order valence-corrected chi connectivity index (χ2v) is 8.51. The van der Waals surface area contributed by atoms with Gasteiger partial charge in [-0.15, -0.1) is 10.1 Å². The molecule has 0 aliphatic carbocycles. The molecule has 0 saturated heterocycles. The zero-order chi connectivity index (χ0) is 21.4. The summed E-state index contributed by atoms with van der Waals surface area (Å²) in [6.07, 6.45) is 27.8. The van der Waals surface area contributed by atoms with Gasteiger partial charge in [-0.25, -0.2) is 4.84 Å². The molecule has 0 N–H and O–H groups in total. The Labute approximate surface area is 179 Å². The molecule has 29 heavy (non-hydrogen) atoms. The first kappa shape index (κ1) is 27.9. The van der Waals surface area contributed by atoms with E-state index < -0.39 is 11.1 Å². The lowest BCUT2D eigenvalue weighted by Gasteiger charge is -2.04. The summed E-state index contributed by atoms with van der Waals surface area (Å²) in [6, 6.07) is 0. The van der Waals surface area contributed by atoms with Crippen molar-refractivity contribution in [2.24, 2.45) is 0 Å². The highest BCUT2D eigenvalue weighted by Crippen LogP contribution is 2.15. The molecule has 0 bridgehead atoms. The van der Waals surface area contributed by atoms with Crippen molar-refractivity contribution in [1.82, 2.24) is 0 Å². The van der Waals surface area contributed by atoms with Gasteiger partial charge in [-0.2, -0.15) is 0 Å². The largest absolute Gasteiger partial charge is 0.303 e. The minimum atomic E-state index is -1.03. The first-order chi connectivity index (χ1) is 14.2. The van der Waals surface area contributed by atoms with Crippen LogP contribution in [0.4, 0.5) is 0 Å². The summed E-state index contributed by atoms with van der Waals surface area (Å²) in [5.41, 5.74) is 0. The minimum absolute atomic E-state index is 0.153. The van der Waals surface area contributed by atoms with Crippen LogP contribution >= 0.6 is 0 Å². The van der Waals surface area contributed by atoms with E-state index in [4.69, 9.17) is 0 Å². The average molecular weight is 414 g/mol. The van der Waals surface area contributed by atoms with Gasteiger partial charge in [0.25, 0.3) is 0 Å². The molecule has 5 nitrogen and oxygen atoms in total. The summed E-state index contributed by atoms with van der Waals surface area (Å²) in [7, 11) is 0. The van der Waals surface area contributed by atoms with E-state index >= 15 is 0 Å². The summed E-state index contributed by atoms with van der Waals surface area (Å²) in [4.78, 5) is 24.9. The Bertz CT molecular complexity index is 374. The van der Waals surface area contributed by atoms with Gasteiger partial charge in [0, 0.05) is 6.42 Å². The highest BCUT2D eigenvalue weighted by molar-refractivity contribution is 5.68. The summed E-state index contributed by atoms with van der Waals surface area (Å²) in [5.74, 6) is -0.729. The summed E-state index contributed by atoms with van der Waals surface area (Å²) >= 11 is 0. The number of rotatable bonds is 23. The van der Waals surface area contributed by atoms with E-state index in [1.54, 1.807) is 0 Å². The number of nitrogens with zero attached hydrogens (tertiary/aromatic N) is 1. The van der Waals surface area contributed by atoms with Crippen molar-refractivity contribution in [3.05, 3.63) is 10.1 Å². The molecule has 0 aromatic carbocycles. The van der Waals surface area contributed by atoms with Gasteiger partial charge in [0.05, 0.1) is 0 Å². The fourth-order valence-corrected chi connectivity index (χ4v) is 3.83. The molecule has 0 radical (unpaired) electrons. The molecular weight excluding hydrogens is 366 g/mol. The van der Waals surface area contributed by atoms with E-state index in [9.17, 15) is 14.9 Å². The summed E-state index contributed by atoms with van der Waals surface area (Å²) in [5, 5.41) is 8.96. The smallest absolute Gasteiger partial charge is 0.268 e. The van der Waals surface area contributed by atoms with E-state index in [0.717, 1.165) is 12.8 Å². The third-order valence-corrected chi connectivity index (χ3v) is 5.66. The van der Waals surface area contributed by atoms with Gasteiger partial charge in [-0.05, 0) is 6.42 Å². The van der Waals surface area contributed by atoms with Crippen LogP contribution in [0.3, 0.4) is 0 Å². The molecule has 0 rings (SSSR count). The molecule has 0 aliphatic rings. The van der Waals surface area contributed by atoms with Crippen LogP contribution in [-0.2, 0) is 9.63 Å². The molecule has 0 aliphatic heterocycles. The minimum Gasteiger partial charge on any atom is -0.268 e. The van der Waals surface area contributed by atoms with Gasteiger partial charge in [-0.3, -0.25) is 4.79 Å². The Kier molecular flexibility index (Phi) is 22.2. The van der Waals surface area contributed by atoms with Gasteiger partial charge < -0.3 is 0 Å². The van der Waals surface area contributed by atoms with Crippen LogP contribution in [-0.4, -0.2) is 11.1 Å². The first-order valence-electron chi connectivity index (χ1n) is 12.5. The van der Waals surface area contributed by atoms with Crippen molar-refractivity contribution >= 4 is 5.97 Å². The zero-order valence-corrected chi connectivity index (χ0v) is 19.1. The van der Waals surface area contributed by atoms with E-state index in [1.807, 2.05) is 0 Å². The second-order valence-electron chi connectivity index (χ2n) is 8.51. The quantitative estimate of drug-likeness (QED) is 0.0958. The zero-order valence-electron chi connectivity index (χ0n) is 19.1. The molecule has 0 saturated carbocycles. The van der Waals surface area contributed by atoms with Gasteiger partial charge in [0.2, 0.25) is 0 Å². The molecule has 172 valence electrons. The van der Waals surface area contributed by atoms with Crippen molar-refractivity contribution in [1.29, 1.82) is 0 Å². The molecule has 0 aromatic rings. The molecule has 0 spiro atoms. The Morgan fingerprint density at radius 3 is 1.14 bits per heavy atom. The van der Waals surface area contributed by atoms with Gasteiger partial charge in [-0.1, -0.05) is 135 Å². The molecule has 0 fully saturated rings. The van der Waals surface area contributed by atoms with Crippen LogP contribution in [0.15, 0.2) is 0 Å². The average Bonchev–Trinajstić information content (AvgIpc) is 2.68. The Morgan fingerprint density at radius 2 is 0.862 bits per heavy atom. The second kappa shape index (κ2) is 23.2. The van der Waals surface area contributed by atoms with Crippen molar-refractivity contribution in [3.63, 3.8) is 0 Å². The SMILES string of the molecule is CCCCCCCCCCCCCCCCCCCCCCCC(=O)O[N+](=O)[O-]. The molecule has 0 atom stereocenters. The normalized spacial score (nSPS) is 10.9. The van der Waals surface area contributed by atoms with E-state index in [-0.39, 0.29) is 6.42 Å². The Morgan fingerprint density at radius 1 is 0.586 bits per heavy atom. The van der Waals surface area contributed by atoms with Gasteiger partial charge in [0.15, 0.2) is 0 Å². The standard InChI is InChI=1S/C24H47NO4/c1-2-3-4-5-6-7-8-9-10-11-12-13-14-15-16-17-18-19-20-21-22-23-24(26)29-25(27)28/h2-23H2,1H3. The molecule has 0 amide bonds. The summed E-state index contributed by atoms with van der Waals surface area (Å²) in [6.45, 7) is 2.28. The van der Waals surface area contributed by atoms with Crippen LogP contribution in [0.2, 0.25) is 0 Å². The Balaban J connectivity index is 3.07. The van der Waals surface area contributed by atoms with E-state index in [1.165, 1.54) is 116 Å². The lowest BCUT2D eigenvalue weighted by molar-refractivity contribution is -0.729. The lowest BCUT2D eigenvalue weighted by Crippen LogP contribution is -2.09. The number of hydrogen-bond donors (Lipinski definition) is 0. The predicted octanol–water partition coefficient (Wildman–Crippen LogP) is 8.32. The van der Waals surface area contributed by atoms with Crippen molar-refractivity contribution in [2.45, 2.75) is 148 Å². The third kappa shape index (κ3) is 24.8. The number of unbranched alkanes of at least 4 members (excludes halogenated alkanes) is 20. The van der Waals surface area contributed by atoms with E-state index in [0.29, 0.717) is 6.42 Å². The van der Waals surface area contributed by atoms with Crippen molar-refractivity contribution in [3.8, 4) is 0 Å². The predicted molar refractivity (Wildman–Crippen MR) is 120 cm³/mol. The van der Waals surface area contributed by atoms with Crippen LogP contribution in [0.1, 0.15) is 148 Å². The van der Waals surface area contributed by atoms with Crippen molar-refractivity contribution in [2.75, 3.05) is 0 Å². The maximum absolute atomic E-state index is 11.0. The maximum Gasteiger partial charge on any atom is 0.303 e. The van der Waals surface area contributed by atoms with Crippen molar-refractivity contribution < 1.29 is 14.7 Å². The summed E-state index contributed by atoms with van der Waals surface area (Å²) < 4.78 is 0. The molecule has 0 heterocycles. The monoisotopic (exact) mass is 413 g/mol. The number of hydrogen-bond acceptors (Lipinski definition) is 4. The fourth-order valence-electron chi connectivity index (χ4n) is 3.83. The topological polar surface area (TPSA) is 69.4 Å². The molecule has 0 unspecified atom stereocenters. The maximum atomic E-state index is 11.0. The molecule has 5 heteroatoms. The van der Waals surface area contributed by atoms with Crippen LogP contribution < -0.4 is 0 Å². The van der Waals surface area contributed by atoms with Crippen LogP contribution in [0.5, 0.6) is 0 Å². The lowest BCUT2D eigenvalue weighted by atomic mass is 10.0. The number of carbonyl (C=O) groups is 1. The van der Waals surface area contributed by atoms with E-state index in [2.05, 4.69) is 11.8 Å². The van der Waals surface area contributed by atoms with Gasteiger partial charge in [0.1, 0.15) is 0 Å². The molecular formula is C24H47NO4.